The number of rotatable bonds is 7. The lowest BCUT2D eigenvalue weighted by Crippen LogP contribution is -2.22. The Morgan fingerprint density at radius 3 is 2.67 bits per heavy atom. The van der Waals surface area contributed by atoms with Gasteiger partial charge in [-0.25, -0.2) is 0 Å². The highest BCUT2D eigenvalue weighted by Gasteiger charge is 2.19. The molecule has 0 fully saturated rings. The lowest BCUT2D eigenvalue weighted by Gasteiger charge is -2.14. The van der Waals surface area contributed by atoms with Crippen LogP contribution in [0.2, 0.25) is 25.7 Å². The van der Waals surface area contributed by atoms with Gasteiger partial charge in [-0.2, -0.15) is 0 Å². The lowest BCUT2D eigenvalue weighted by molar-refractivity contribution is -0.393. The van der Waals surface area contributed by atoms with Crippen molar-refractivity contribution in [1.29, 1.82) is 0 Å². The molecule has 0 aromatic carbocycles. The first kappa shape index (κ1) is 14.6. The molecule has 0 unspecified atom stereocenters. The number of methoxy groups -OCH3 is 1. The largest absolute Gasteiger partial charge is 0.478 e. The third-order valence-corrected chi connectivity index (χ3v) is 4.05. The summed E-state index contributed by atoms with van der Waals surface area (Å²) in [5, 5.41) is 14.7. The van der Waals surface area contributed by atoms with Crippen LogP contribution >= 0.6 is 0 Å². The van der Waals surface area contributed by atoms with Gasteiger partial charge >= 0.3 is 5.82 Å². The van der Waals surface area contributed by atoms with E-state index in [-0.39, 0.29) is 18.4 Å². The SMILES string of the molecule is COc1cc([N+](=O)[O-])n(COCC[Si](C)(C)C)n1. The van der Waals surface area contributed by atoms with Crippen molar-refractivity contribution in [1.82, 2.24) is 9.78 Å². The second kappa shape index (κ2) is 5.96. The Morgan fingerprint density at radius 2 is 2.17 bits per heavy atom. The molecule has 0 atom stereocenters. The summed E-state index contributed by atoms with van der Waals surface area (Å²) < 4.78 is 11.5. The maximum absolute atomic E-state index is 10.8. The van der Waals surface area contributed by atoms with Crippen molar-refractivity contribution in [2.24, 2.45) is 0 Å². The molecular weight excluding hydrogens is 254 g/mol. The highest BCUT2D eigenvalue weighted by molar-refractivity contribution is 6.76. The molecule has 0 spiro atoms. The average Bonchev–Trinajstić information content (AvgIpc) is 2.66. The molecule has 8 heteroatoms. The molecule has 0 aliphatic rings. The highest BCUT2D eigenvalue weighted by atomic mass is 28.3. The molecule has 0 aliphatic carbocycles. The van der Waals surface area contributed by atoms with Gasteiger partial charge in [-0.3, -0.25) is 0 Å². The van der Waals surface area contributed by atoms with Crippen LogP contribution in [0.4, 0.5) is 5.82 Å². The minimum atomic E-state index is -1.15. The number of nitro groups is 1. The summed E-state index contributed by atoms with van der Waals surface area (Å²) in [5.74, 6) is 0.0929. The Kier molecular flexibility index (Phi) is 4.85. The summed E-state index contributed by atoms with van der Waals surface area (Å²) in [5.41, 5.74) is 0. The van der Waals surface area contributed by atoms with E-state index in [4.69, 9.17) is 9.47 Å². The Hall–Kier alpha value is -1.41. The van der Waals surface area contributed by atoms with Crippen LogP contribution in [0, 0.1) is 10.1 Å². The van der Waals surface area contributed by atoms with Gasteiger partial charge in [0.05, 0.1) is 13.2 Å². The van der Waals surface area contributed by atoms with Gasteiger partial charge in [0.25, 0.3) is 5.88 Å². The second-order valence-electron chi connectivity index (χ2n) is 5.15. The average molecular weight is 273 g/mol. The maximum atomic E-state index is 10.8. The molecule has 7 nitrogen and oxygen atoms in total. The van der Waals surface area contributed by atoms with Crippen LogP contribution in [-0.4, -0.2) is 36.5 Å². The molecule has 102 valence electrons. The molecule has 0 radical (unpaired) electrons. The standard InChI is InChI=1S/C10H19N3O4Si/c1-16-9-7-10(13(14)15)12(11-9)8-17-5-6-18(2,3)4/h7H,5-6,8H2,1-4H3. The Labute approximate surface area is 107 Å². The summed E-state index contributed by atoms with van der Waals surface area (Å²) in [6.45, 7) is 7.40. The molecule has 0 amide bonds. The molecule has 1 heterocycles. The van der Waals surface area contributed by atoms with Crippen molar-refractivity contribution in [3.05, 3.63) is 16.2 Å². The first-order chi connectivity index (χ1) is 8.33. The zero-order valence-electron chi connectivity index (χ0n) is 11.2. The van der Waals surface area contributed by atoms with E-state index in [9.17, 15) is 10.1 Å². The number of aromatic nitrogens is 2. The van der Waals surface area contributed by atoms with E-state index in [1.807, 2.05) is 0 Å². The zero-order chi connectivity index (χ0) is 13.8. The van der Waals surface area contributed by atoms with Crippen LogP contribution < -0.4 is 4.74 Å². The van der Waals surface area contributed by atoms with Crippen molar-refractivity contribution >= 4 is 13.9 Å². The van der Waals surface area contributed by atoms with E-state index in [0.717, 1.165) is 6.04 Å². The second-order valence-corrected chi connectivity index (χ2v) is 10.8. The van der Waals surface area contributed by atoms with Crippen LogP contribution in [0.3, 0.4) is 0 Å². The van der Waals surface area contributed by atoms with Gasteiger partial charge in [-0.05, 0) is 16.1 Å². The minimum Gasteiger partial charge on any atom is -0.478 e. The van der Waals surface area contributed by atoms with Crippen LogP contribution in [0.25, 0.3) is 0 Å². The van der Waals surface area contributed by atoms with Gasteiger partial charge in [-0.15, -0.1) is 4.68 Å². The molecule has 0 saturated carbocycles. The summed E-state index contributed by atoms with van der Waals surface area (Å²) in [4.78, 5) is 10.3. The van der Waals surface area contributed by atoms with Gasteiger partial charge in [-0.1, -0.05) is 19.6 Å². The molecule has 1 rings (SSSR count). The topological polar surface area (TPSA) is 79.4 Å². The van der Waals surface area contributed by atoms with Crippen molar-refractivity contribution in [2.75, 3.05) is 13.7 Å². The Morgan fingerprint density at radius 1 is 1.50 bits per heavy atom. The first-order valence-electron chi connectivity index (χ1n) is 5.67. The van der Waals surface area contributed by atoms with Gasteiger partial charge < -0.3 is 19.6 Å². The van der Waals surface area contributed by atoms with Crippen molar-refractivity contribution in [3.63, 3.8) is 0 Å². The molecule has 0 saturated heterocycles. The smallest absolute Gasteiger partial charge is 0.351 e. The molecule has 1 aromatic heterocycles. The van der Waals surface area contributed by atoms with Crippen molar-refractivity contribution in [3.8, 4) is 5.88 Å². The third-order valence-electron chi connectivity index (χ3n) is 2.34. The highest BCUT2D eigenvalue weighted by Crippen LogP contribution is 2.18. The maximum Gasteiger partial charge on any atom is 0.351 e. The fraction of sp³-hybridized carbons (Fsp3) is 0.700. The van der Waals surface area contributed by atoms with E-state index in [0.29, 0.717) is 6.61 Å². The number of hydrogen-bond acceptors (Lipinski definition) is 5. The lowest BCUT2D eigenvalue weighted by atomic mass is 10.6. The fourth-order valence-corrected chi connectivity index (χ4v) is 2.01. The van der Waals surface area contributed by atoms with E-state index >= 15 is 0 Å². The fourth-order valence-electron chi connectivity index (χ4n) is 1.26. The van der Waals surface area contributed by atoms with Crippen molar-refractivity contribution in [2.45, 2.75) is 32.4 Å². The molecule has 0 bridgehead atoms. The summed E-state index contributed by atoms with van der Waals surface area (Å²) >= 11 is 0. The van der Waals surface area contributed by atoms with E-state index in [2.05, 4.69) is 24.7 Å². The first-order valence-corrected chi connectivity index (χ1v) is 9.38. The van der Waals surface area contributed by atoms with Gasteiger partial charge in [0.2, 0.25) is 6.73 Å². The quantitative estimate of drug-likeness (QED) is 0.329. The third kappa shape index (κ3) is 4.45. The molecule has 18 heavy (non-hydrogen) atoms. The van der Waals surface area contributed by atoms with E-state index in [1.54, 1.807) is 0 Å². The van der Waals surface area contributed by atoms with Crippen LogP contribution in [0.1, 0.15) is 0 Å². The van der Waals surface area contributed by atoms with Gasteiger partial charge in [0, 0.05) is 14.7 Å². The van der Waals surface area contributed by atoms with Gasteiger partial charge in [0.1, 0.15) is 0 Å². The molecule has 0 N–H and O–H groups in total. The van der Waals surface area contributed by atoms with Crippen molar-refractivity contribution < 1.29 is 14.4 Å². The number of nitrogens with zero attached hydrogens (tertiary/aromatic N) is 3. The van der Waals surface area contributed by atoms with Gasteiger partial charge in [0.15, 0.2) is 0 Å². The predicted molar refractivity (Wildman–Crippen MR) is 69.5 cm³/mol. The molecule has 0 aliphatic heterocycles. The van der Waals surface area contributed by atoms with E-state index in [1.165, 1.54) is 17.9 Å². The zero-order valence-corrected chi connectivity index (χ0v) is 12.2. The van der Waals surface area contributed by atoms with Crippen LogP contribution in [0.5, 0.6) is 5.88 Å². The number of ether oxygens (including phenoxy) is 2. The number of hydrogen-bond donors (Lipinski definition) is 0. The Balaban J connectivity index is 2.56. The molecule has 1 aromatic rings. The summed E-state index contributed by atoms with van der Waals surface area (Å²) in [6.07, 6.45) is 0. The predicted octanol–water partition coefficient (Wildman–Crippen LogP) is 2.11. The monoisotopic (exact) mass is 273 g/mol. The van der Waals surface area contributed by atoms with Crippen LogP contribution in [-0.2, 0) is 11.5 Å². The summed E-state index contributed by atoms with van der Waals surface area (Å²) in [6, 6.07) is 2.29. The van der Waals surface area contributed by atoms with Crippen LogP contribution in [0.15, 0.2) is 6.07 Å². The normalized spacial score (nSPS) is 11.6. The summed E-state index contributed by atoms with van der Waals surface area (Å²) in [7, 11) is 0.273. The molecular formula is C10H19N3O4Si. The van der Waals surface area contributed by atoms with E-state index < -0.39 is 13.0 Å². The Bertz CT molecular complexity index is 414. The minimum absolute atomic E-state index is 0.0736.